The summed E-state index contributed by atoms with van der Waals surface area (Å²) in [4.78, 5) is 11.3. The van der Waals surface area contributed by atoms with Crippen molar-refractivity contribution < 1.29 is 9.53 Å². The summed E-state index contributed by atoms with van der Waals surface area (Å²) in [6, 6.07) is 0.511. The van der Waals surface area contributed by atoms with E-state index < -0.39 is 5.60 Å². The minimum Gasteiger partial charge on any atom is -0.444 e. The quantitative estimate of drug-likeness (QED) is 0.706. The maximum Gasteiger partial charge on any atom is 0.407 e. The van der Waals surface area contributed by atoms with Crippen LogP contribution in [0.3, 0.4) is 0 Å². The molecule has 0 aliphatic rings. The van der Waals surface area contributed by atoms with Crippen molar-refractivity contribution in [1.82, 2.24) is 10.6 Å². The fourth-order valence-electron chi connectivity index (χ4n) is 1.16. The van der Waals surface area contributed by atoms with Gasteiger partial charge in [-0.1, -0.05) is 13.8 Å². The zero-order valence-corrected chi connectivity index (χ0v) is 12.1. The molecule has 0 fully saturated rings. The third-order valence-electron chi connectivity index (χ3n) is 2.49. The van der Waals surface area contributed by atoms with Gasteiger partial charge in [0.05, 0.1) is 0 Å². The highest BCUT2D eigenvalue weighted by atomic mass is 16.6. The molecule has 1 unspecified atom stereocenters. The van der Waals surface area contributed by atoms with Gasteiger partial charge < -0.3 is 15.4 Å². The number of carbonyl (C=O) groups is 1. The highest BCUT2D eigenvalue weighted by Crippen LogP contribution is 2.06. The van der Waals surface area contributed by atoms with E-state index in [0.717, 1.165) is 13.0 Å². The minimum atomic E-state index is -0.422. The first-order chi connectivity index (χ1) is 7.72. The number of amides is 1. The second kappa shape index (κ2) is 7.54. The summed E-state index contributed by atoms with van der Waals surface area (Å²) in [6.45, 7) is 13.7. The average molecular weight is 244 g/mol. The maximum atomic E-state index is 11.3. The summed E-state index contributed by atoms with van der Waals surface area (Å²) in [5, 5.41) is 6.15. The molecule has 0 heterocycles. The normalized spacial score (nSPS) is 13.6. The topological polar surface area (TPSA) is 50.4 Å². The van der Waals surface area contributed by atoms with Crippen LogP contribution in [-0.2, 0) is 4.74 Å². The van der Waals surface area contributed by atoms with E-state index in [4.69, 9.17) is 4.74 Å². The summed E-state index contributed by atoms with van der Waals surface area (Å²) in [6.07, 6.45) is 0.574. The summed E-state index contributed by atoms with van der Waals surface area (Å²) < 4.78 is 5.13. The number of nitrogens with one attached hydrogen (secondary N) is 2. The Hall–Kier alpha value is -0.770. The molecule has 0 aromatic carbocycles. The van der Waals surface area contributed by atoms with E-state index in [2.05, 4.69) is 31.4 Å². The highest BCUT2D eigenvalue weighted by molar-refractivity contribution is 5.67. The number of hydrogen-bond donors (Lipinski definition) is 2. The van der Waals surface area contributed by atoms with Gasteiger partial charge in [-0.2, -0.15) is 0 Å². The lowest BCUT2D eigenvalue weighted by Gasteiger charge is -2.20. The van der Waals surface area contributed by atoms with Crippen molar-refractivity contribution in [3.8, 4) is 0 Å². The summed E-state index contributed by atoms with van der Waals surface area (Å²) in [7, 11) is 0. The van der Waals surface area contributed by atoms with E-state index in [9.17, 15) is 4.79 Å². The van der Waals surface area contributed by atoms with Gasteiger partial charge in [0.25, 0.3) is 0 Å². The first-order valence-corrected chi connectivity index (χ1v) is 6.42. The molecule has 17 heavy (non-hydrogen) atoms. The number of alkyl carbamates (subject to hydrolysis) is 1. The predicted octanol–water partition coefficient (Wildman–Crippen LogP) is 2.54. The Bertz CT molecular complexity index is 222. The summed E-state index contributed by atoms with van der Waals surface area (Å²) in [5.41, 5.74) is -0.422. The lowest BCUT2D eigenvalue weighted by molar-refractivity contribution is 0.0527. The van der Waals surface area contributed by atoms with E-state index in [0.29, 0.717) is 18.5 Å². The number of ether oxygens (including phenoxy) is 1. The van der Waals surface area contributed by atoms with Crippen LogP contribution in [0.5, 0.6) is 0 Å². The molecule has 2 N–H and O–H groups in total. The summed E-state index contributed by atoms with van der Waals surface area (Å²) >= 11 is 0. The molecule has 1 amide bonds. The Kier molecular flexibility index (Phi) is 7.19. The van der Waals surface area contributed by atoms with Gasteiger partial charge in [-0.25, -0.2) is 4.79 Å². The van der Waals surface area contributed by atoms with Crippen molar-refractivity contribution in [1.29, 1.82) is 0 Å². The second-order valence-electron chi connectivity index (χ2n) is 5.77. The van der Waals surface area contributed by atoms with Crippen molar-refractivity contribution in [3.05, 3.63) is 0 Å². The van der Waals surface area contributed by atoms with Gasteiger partial charge >= 0.3 is 6.09 Å². The van der Waals surface area contributed by atoms with Crippen LogP contribution in [0.4, 0.5) is 4.79 Å². The summed E-state index contributed by atoms with van der Waals surface area (Å²) in [5.74, 6) is 0.633. The van der Waals surface area contributed by atoms with Crippen molar-refractivity contribution in [2.75, 3.05) is 13.1 Å². The molecule has 0 radical (unpaired) electrons. The Morgan fingerprint density at radius 2 is 1.76 bits per heavy atom. The zero-order valence-electron chi connectivity index (χ0n) is 12.1. The molecule has 0 aromatic heterocycles. The predicted molar refractivity (Wildman–Crippen MR) is 71.2 cm³/mol. The van der Waals surface area contributed by atoms with Crippen LogP contribution in [0.1, 0.15) is 48.0 Å². The highest BCUT2D eigenvalue weighted by Gasteiger charge is 2.15. The zero-order chi connectivity index (χ0) is 13.5. The van der Waals surface area contributed by atoms with E-state index in [1.165, 1.54) is 0 Å². The van der Waals surface area contributed by atoms with Gasteiger partial charge in [0.1, 0.15) is 5.60 Å². The molecule has 4 heteroatoms. The van der Waals surface area contributed by atoms with E-state index in [1.54, 1.807) is 0 Å². The van der Waals surface area contributed by atoms with Crippen LogP contribution >= 0.6 is 0 Å². The standard InChI is InChI=1S/C13H28N2O2/c1-10(2)11(3)14-8-7-9-15-12(16)17-13(4,5)6/h10-11,14H,7-9H2,1-6H3,(H,15,16). The van der Waals surface area contributed by atoms with Gasteiger partial charge in [-0.15, -0.1) is 0 Å². The smallest absolute Gasteiger partial charge is 0.407 e. The third kappa shape index (κ3) is 10.1. The Balaban J connectivity index is 3.49. The van der Waals surface area contributed by atoms with Crippen LogP contribution in [0.25, 0.3) is 0 Å². The molecule has 0 aliphatic heterocycles. The van der Waals surface area contributed by atoms with E-state index >= 15 is 0 Å². The fraction of sp³-hybridized carbons (Fsp3) is 0.923. The molecule has 0 bridgehead atoms. The lowest BCUT2D eigenvalue weighted by atomic mass is 10.1. The first-order valence-electron chi connectivity index (χ1n) is 6.42. The molecule has 0 rings (SSSR count). The molecule has 0 saturated heterocycles. The van der Waals surface area contributed by atoms with Gasteiger partial charge in [0, 0.05) is 12.6 Å². The molecule has 102 valence electrons. The van der Waals surface area contributed by atoms with Crippen LogP contribution in [-0.4, -0.2) is 30.8 Å². The van der Waals surface area contributed by atoms with Crippen molar-refractivity contribution >= 4 is 6.09 Å². The van der Waals surface area contributed by atoms with E-state index in [-0.39, 0.29) is 6.09 Å². The van der Waals surface area contributed by atoms with Gasteiger partial charge in [0.15, 0.2) is 0 Å². The lowest BCUT2D eigenvalue weighted by Crippen LogP contribution is -2.36. The van der Waals surface area contributed by atoms with E-state index in [1.807, 2.05) is 20.8 Å². The Labute approximate surface area is 105 Å². The third-order valence-corrected chi connectivity index (χ3v) is 2.49. The molecule has 1 atom stereocenters. The Morgan fingerprint density at radius 3 is 2.24 bits per heavy atom. The van der Waals surface area contributed by atoms with Crippen LogP contribution < -0.4 is 10.6 Å². The number of hydrogen-bond acceptors (Lipinski definition) is 3. The molecule has 0 aliphatic carbocycles. The first kappa shape index (κ1) is 16.2. The molecule has 0 saturated carbocycles. The molecule has 0 spiro atoms. The SMILES string of the molecule is CC(C)C(C)NCCCNC(=O)OC(C)(C)C. The van der Waals surface area contributed by atoms with Gasteiger partial charge in [-0.05, 0) is 46.6 Å². The van der Waals surface area contributed by atoms with Crippen molar-refractivity contribution in [3.63, 3.8) is 0 Å². The monoisotopic (exact) mass is 244 g/mol. The minimum absolute atomic E-state index is 0.339. The molecule has 0 aromatic rings. The largest absolute Gasteiger partial charge is 0.444 e. The molecule has 4 nitrogen and oxygen atoms in total. The Morgan fingerprint density at radius 1 is 1.18 bits per heavy atom. The maximum absolute atomic E-state index is 11.3. The fourth-order valence-corrected chi connectivity index (χ4v) is 1.16. The van der Waals surface area contributed by atoms with Crippen molar-refractivity contribution in [2.24, 2.45) is 5.92 Å². The second-order valence-corrected chi connectivity index (χ2v) is 5.77. The molecular weight excluding hydrogens is 216 g/mol. The number of carbonyl (C=O) groups excluding carboxylic acids is 1. The van der Waals surface area contributed by atoms with Gasteiger partial charge in [0.2, 0.25) is 0 Å². The van der Waals surface area contributed by atoms with Crippen LogP contribution in [0, 0.1) is 5.92 Å². The van der Waals surface area contributed by atoms with Crippen LogP contribution in [0.15, 0.2) is 0 Å². The molecular formula is C13H28N2O2. The van der Waals surface area contributed by atoms with Crippen LogP contribution in [0.2, 0.25) is 0 Å². The number of rotatable bonds is 6. The van der Waals surface area contributed by atoms with Gasteiger partial charge in [-0.3, -0.25) is 0 Å². The van der Waals surface area contributed by atoms with Crippen molar-refractivity contribution in [2.45, 2.75) is 59.6 Å². The average Bonchev–Trinajstić information content (AvgIpc) is 2.13.